The summed E-state index contributed by atoms with van der Waals surface area (Å²) < 4.78 is 23.7. The highest BCUT2D eigenvalue weighted by Gasteiger charge is 2.78. The number of ether oxygens (including phenoxy) is 1. The zero-order valence-electron chi connectivity index (χ0n) is 23.1. The fourth-order valence-corrected chi connectivity index (χ4v) is 9.52. The minimum absolute atomic E-state index is 0.0872. The van der Waals surface area contributed by atoms with Crippen molar-refractivity contribution < 1.29 is 33.7 Å². The van der Waals surface area contributed by atoms with Crippen molar-refractivity contribution in [3.63, 3.8) is 0 Å². The van der Waals surface area contributed by atoms with Crippen molar-refractivity contribution in [2.75, 3.05) is 6.61 Å². The van der Waals surface area contributed by atoms with Gasteiger partial charge in [0.1, 0.15) is 6.61 Å². The first-order chi connectivity index (χ1) is 17.0. The molecule has 0 amide bonds. The van der Waals surface area contributed by atoms with Gasteiger partial charge in [0.15, 0.2) is 17.1 Å². The number of hydrogen-bond acceptors (Lipinski definition) is 6. The van der Waals surface area contributed by atoms with Crippen molar-refractivity contribution in [1.82, 2.24) is 0 Å². The van der Waals surface area contributed by atoms with Crippen molar-refractivity contribution >= 4 is 17.5 Å². The van der Waals surface area contributed by atoms with Gasteiger partial charge in [-0.2, -0.15) is 0 Å². The van der Waals surface area contributed by atoms with Crippen LogP contribution in [0.2, 0.25) is 0 Å². The van der Waals surface area contributed by atoms with E-state index in [2.05, 4.69) is 0 Å². The Kier molecular flexibility index (Phi) is 5.51. The highest BCUT2D eigenvalue weighted by Crippen LogP contribution is 2.73. The Morgan fingerprint density at radius 1 is 1.11 bits per heavy atom. The number of ketones is 2. The molecule has 0 heterocycles. The fourth-order valence-electron chi connectivity index (χ4n) is 9.52. The fraction of sp³-hybridized carbons (Fsp3) is 0.767. The third kappa shape index (κ3) is 2.91. The first-order valence-corrected chi connectivity index (χ1v) is 13.6. The van der Waals surface area contributed by atoms with Crippen molar-refractivity contribution in [2.24, 2.45) is 45.3 Å². The van der Waals surface area contributed by atoms with E-state index in [1.165, 1.54) is 12.2 Å². The highest BCUT2D eigenvalue weighted by molar-refractivity contribution is 6.01. The van der Waals surface area contributed by atoms with Crippen LogP contribution in [0.3, 0.4) is 0 Å². The molecule has 0 aromatic rings. The molecule has 0 radical (unpaired) electrons. The van der Waals surface area contributed by atoms with Crippen LogP contribution in [-0.4, -0.2) is 51.7 Å². The quantitative estimate of drug-likeness (QED) is 0.545. The summed E-state index contributed by atoms with van der Waals surface area (Å²) in [6.45, 7) is 12.6. The molecule has 204 valence electrons. The van der Waals surface area contributed by atoms with Gasteiger partial charge in [-0.05, 0) is 61.5 Å². The maximum Gasteiger partial charge on any atom is 0.311 e. The van der Waals surface area contributed by atoms with Crippen molar-refractivity contribution in [3.05, 3.63) is 23.8 Å². The van der Waals surface area contributed by atoms with Crippen LogP contribution in [0.25, 0.3) is 0 Å². The molecule has 0 saturated heterocycles. The van der Waals surface area contributed by atoms with Crippen LogP contribution >= 0.6 is 0 Å². The number of hydrogen-bond donors (Lipinski definition) is 2. The number of aliphatic hydroxyl groups excluding tert-OH is 2. The van der Waals surface area contributed by atoms with E-state index in [1.54, 1.807) is 13.0 Å². The van der Waals surface area contributed by atoms with E-state index in [1.807, 2.05) is 41.5 Å². The second kappa shape index (κ2) is 7.62. The van der Waals surface area contributed by atoms with Crippen LogP contribution in [0.15, 0.2) is 23.8 Å². The van der Waals surface area contributed by atoms with E-state index in [0.29, 0.717) is 24.8 Å². The predicted molar refractivity (Wildman–Crippen MR) is 135 cm³/mol. The van der Waals surface area contributed by atoms with E-state index < -0.39 is 64.3 Å². The zero-order chi connectivity index (χ0) is 27.6. The molecule has 0 spiro atoms. The number of fused-ring (bicyclic) bond motifs is 5. The lowest BCUT2D eigenvalue weighted by Crippen LogP contribution is -2.70. The Hall–Kier alpha value is -1.86. The normalized spacial score (nSPS) is 47.4. The molecule has 5 aliphatic carbocycles. The third-order valence-electron chi connectivity index (χ3n) is 12.3. The summed E-state index contributed by atoms with van der Waals surface area (Å²) in [6, 6.07) is 0. The molecule has 0 aliphatic heterocycles. The molecule has 0 aromatic heterocycles. The zero-order valence-corrected chi connectivity index (χ0v) is 23.1. The molecule has 5 aliphatic rings. The number of carbonyl (C=O) groups is 3. The van der Waals surface area contributed by atoms with Gasteiger partial charge >= 0.3 is 5.97 Å². The average Bonchev–Trinajstić information content (AvgIpc) is 3.12. The first kappa shape index (κ1) is 26.7. The summed E-state index contributed by atoms with van der Waals surface area (Å²) in [5.74, 6) is -3.06. The molecule has 5 rings (SSSR count). The van der Waals surface area contributed by atoms with E-state index in [0.717, 1.165) is 0 Å². The van der Waals surface area contributed by atoms with E-state index >= 15 is 4.39 Å². The van der Waals surface area contributed by atoms with Gasteiger partial charge in [0, 0.05) is 22.7 Å². The largest absolute Gasteiger partial charge is 0.450 e. The minimum Gasteiger partial charge on any atom is -0.450 e. The van der Waals surface area contributed by atoms with Crippen molar-refractivity contribution in [2.45, 2.75) is 91.5 Å². The highest BCUT2D eigenvalue weighted by atomic mass is 19.1. The Labute approximate surface area is 218 Å². The molecule has 8 atom stereocenters. The maximum absolute atomic E-state index is 17.4. The van der Waals surface area contributed by atoms with Crippen LogP contribution in [-0.2, 0) is 19.1 Å². The van der Waals surface area contributed by atoms with Gasteiger partial charge in [-0.1, -0.05) is 53.2 Å². The number of alkyl halides is 1. The molecule has 7 heteroatoms. The van der Waals surface area contributed by atoms with Crippen LogP contribution in [0, 0.1) is 45.3 Å². The van der Waals surface area contributed by atoms with E-state index in [-0.39, 0.29) is 29.0 Å². The SMILES string of the molecule is C[C@H]1C[C@H]2[C@@H]3CCC4=CC(=O)C=C[C@]4(C)[C@@]3(F)[C@@H](O)C[C@]2(C)[C@@]1(OC(=O)C1C(C)(C)C1(C)C)C(=O)CO. The molecule has 0 aromatic carbocycles. The summed E-state index contributed by atoms with van der Waals surface area (Å²) in [5, 5.41) is 21.7. The van der Waals surface area contributed by atoms with Crippen molar-refractivity contribution in [1.29, 1.82) is 0 Å². The summed E-state index contributed by atoms with van der Waals surface area (Å²) in [7, 11) is 0. The first-order valence-electron chi connectivity index (χ1n) is 13.6. The van der Waals surface area contributed by atoms with Gasteiger partial charge in [-0.3, -0.25) is 14.4 Å². The summed E-state index contributed by atoms with van der Waals surface area (Å²) in [4.78, 5) is 39.3. The van der Waals surface area contributed by atoms with Crippen LogP contribution in [0.1, 0.15) is 74.1 Å². The molecule has 2 N–H and O–H groups in total. The summed E-state index contributed by atoms with van der Waals surface area (Å²) >= 11 is 0. The second-order valence-corrected chi connectivity index (χ2v) is 14.0. The lowest BCUT2D eigenvalue weighted by molar-refractivity contribution is -0.229. The van der Waals surface area contributed by atoms with Gasteiger partial charge in [0.05, 0.1) is 12.0 Å². The smallest absolute Gasteiger partial charge is 0.311 e. The predicted octanol–water partition coefficient (Wildman–Crippen LogP) is 4.13. The third-order valence-corrected chi connectivity index (χ3v) is 12.3. The number of rotatable bonds is 4. The number of allylic oxidation sites excluding steroid dienone is 4. The number of aliphatic hydroxyl groups is 2. The Morgan fingerprint density at radius 3 is 2.30 bits per heavy atom. The monoisotopic (exact) mass is 516 g/mol. The minimum atomic E-state index is -2.04. The number of carbonyl (C=O) groups excluding carboxylic acids is 3. The maximum atomic E-state index is 17.4. The second-order valence-electron chi connectivity index (χ2n) is 14.0. The Balaban J connectivity index is 1.59. The van der Waals surface area contributed by atoms with Crippen LogP contribution < -0.4 is 0 Å². The molecule has 0 unspecified atom stereocenters. The van der Waals surface area contributed by atoms with Gasteiger partial charge in [-0.15, -0.1) is 0 Å². The molecule has 4 fully saturated rings. The lowest BCUT2D eigenvalue weighted by Gasteiger charge is -2.62. The standard InChI is InChI=1S/C30H41FO6/c1-16-12-20-19-9-8-17-13-18(33)10-11-27(17,6)29(19,31)21(34)14-28(20,7)30(16,22(35)15-32)37-24(36)23-25(2,3)26(23,4)5/h10-11,13,16,19-21,23,32,34H,8-9,12,14-15H2,1-7H3/t16-,19-,20-,21-,27-,28-,29-,30-/m0/s1. The average molecular weight is 517 g/mol. The van der Waals surface area contributed by atoms with Gasteiger partial charge in [0.25, 0.3) is 0 Å². The molecule has 6 nitrogen and oxygen atoms in total. The molecular formula is C30H41FO6. The number of Topliss-reactive ketones (excluding diaryl/α,β-unsaturated/α-hetero) is 1. The molecule has 37 heavy (non-hydrogen) atoms. The Bertz CT molecular complexity index is 1120. The van der Waals surface area contributed by atoms with Crippen molar-refractivity contribution in [3.8, 4) is 0 Å². The van der Waals surface area contributed by atoms with Crippen LogP contribution in [0.5, 0.6) is 0 Å². The number of esters is 1. The van der Waals surface area contributed by atoms with Gasteiger partial charge < -0.3 is 14.9 Å². The van der Waals surface area contributed by atoms with Crippen LogP contribution in [0.4, 0.5) is 4.39 Å². The summed E-state index contributed by atoms with van der Waals surface area (Å²) in [6.07, 6.45) is 4.31. The van der Waals surface area contributed by atoms with Gasteiger partial charge in [0.2, 0.25) is 5.78 Å². The molecular weight excluding hydrogens is 475 g/mol. The topological polar surface area (TPSA) is 101 Å². The van der Waals surface area contributed by atoms with E-state index in [9.17, 15) is 24.6 Å². The summed E-state index contributed by atoms with van der Waals surface area (Å²) in [5.41, 5.74) is -5.82. The molecule has 4 saturated carbocycles. The number of halogens is 1. The lowest BCUT2D eigenvalue weighted by atomic mass is 9.44. The van der Waals surface area contributed by atoms with E-state index in [4.69, 9.17) is 4.74 Å². The van der Waals surface area contributed by atoms with Gasteiger partial charge in [-0.25, -0.2) is 4.39 Å². The molecule has 0 bridgehead atoms. The Morgan fingerprint density at radius 2 is 1.73 bits per heavy atom.